The van der Waals surface area contributed by atoms with Crippen LogP contribution in [0.1, 0.15) is 11.5 Å². The number of fused-ring (bicyclic) bond motifs is 7. The zero-order valence-corrected chi connectivity index (χ0v) is 27.7. The third-order valence-electron chi connectivity index (χ3n) is 10.1. The number of hydrogen-bond acceptors (Lipinski definition) is 4. The van der Waals surface area contributed by atoms with Gasteiger partial charge in [-0.15, -0.1) is 0 Å². The Balaban J connectivity index is 1.15. The smallest absolute Gasteiger partial charge is 0.164 e. The number of halogens is 2. The van der Waals surface area contributed by atoms with Crippen molar-refractivity contribution in [2.75, 3.05) is 4.90 Å². The van der Waals surface area contributed by atoms with Crippen molar-refractivity contribution in [1.29, 1.82) is 0 Å². The van der Waals surface area contributed by atoms with E-state index in [2.05, 4.69) is 88.4 Å². The molecular weight excluding hydrogens is 649 g/mol. The third kappa shape index (κ3) is 4.77. The summed E-state index contributed by atoms with van der Waals surface area (Å²) in [6.07, 6.45) is 8.45. The molecule has 52 heavy (non-hydrogen) atoms. The molecule has 1 aliphatic heterocycles. The molecule has 5 nitrogen and oxygen atoms in total. The first-order chi connectivity index (χ1) is 25.6. The molecule has 0 radical (unpaired) electrons. The first kappa shape index (κ1) is 30.1. The van der Waals surface area contributed by atoms with Crippen molar-refractivity contribution in [2.45, 2.75) is 12.0 Å². The lowest BCUT2D eigenvalue weighted by Gasteiger charge is -2.28. The van der Waals surface area contributed by atoms with Crippen LogP contribution in [0.3, 0.4) is 0 Å². The Bertz CT molecular complexity index is 2660. The Kier molecular flexibility index (Phi) is 6.92. The Labute approximate surface area is 298 Å². The van der Waals surface area contributed by atoms with Crippen molar-refractivity contribution < 1.29 is 8.78 Å². The Morgan fingerprint density at radius 2 is 1.10 bits per heavy atom. The minimum Gasteiger partial charge on any atom is -0.333 e. The summed E-state index contributed by atoms with van der Waals surface area (Å²) in [5, 5.41) is 2.27. The SMILES string of the molecule is Fc1ccc(N2c3ccc4c5ccccc5n(-c5ccc(-c6nc(-c7ccccc7)nc(-c7ccccc7)n6)cc5)c4c3C3C=CC=CC32)cc1F. The van der Waals surface area contributed by atoms with Gasteiger partial charge in [-0.3, -0.25) is 0 Å². The van der Waals surface area contributed by atoms with E-state index < -0.39 is 11.6 Å². The summed E-state index contributed by atoms with van der Waals surface area (Å²) in [6, 6.07) is 45.1. The monoisotopic (exact) mass is 677 g/mol. The summed E-state index contributed by atoms with van der Waals surface area (Å²) in [7, 11) is 0. The van der Waals surface area contributed by atoms with Crippen molar-refractivity contribution in [3.05, 3.63) is 181 Å². The molecule has 2 aromatic heterocycles. The molecule has 0 spiro atoms. The topological polar surface area (TPSA) is 46.8 Å². The molecule has 2 atom stereocenters. The standard InChI is InChI=1S/C45H29F2N5/c46-36-25-23-32(27-37(36)47)51-39-18-10-8-16-35(39)41-40(51)26-24-34-33-15-7-9-17-38(33)52(42(34)41)31-21-19-30(20-22-31)45-49-43(28-11-3-1-4-12-28)48-44(50-45)29-13-5-2-6-14-29/h1-27,35,39H. The maximum absolute atomic E-state index is 14.6. The molecule has 0 amide bonds. The Hall–Kier alpha value is -6.73. The lowest BCUT2D eigenvalue weighted by atomic mass is 9.90. The molecule has 0 bridgehead atoms. The fraction of sp³-hybridized carbons (Fsp3) is 0.0444. The van der Waals surface area contributed by atoms with E-state index in [1.807, 2.05) is 66.7 Å². The highest BCUT2D eigenvalue weighted by Gasteiger charge is 2.40. The van der Waals surface area contributed by atoms with Gasteiger partial charge < -0.3 is 9.47 Å². The first-order valence-electron chi connectivity index (χ1n) is 17.3. The largest absolute Gasteiger partial charge is 0.333 e. The number of anilines is 2. The molecule has 6 aromatic carbocycles. The second kappa shape index (κ2) is 12.0. The molecule has 2 aliphatic rings. The minimum atomic E-state index is -0.863. The van der Waals surface area contributed by atoms with E-state index >= 15 is 0 Å². The van der Waals surface area contributed by atoms with E-state index in [0.29, 0.717) is 23.2 Å². The molecule has 0 fully saturated rings. The number of rotatable bonds is 5. The van der Waals surface area contributed by atoms with Crippen molar-refractivity contribution in [1.82, 2.24) is 19.5 Å². The molecule has 248 valence electrons. The van der Waals surface area contributed by atoms with Gasteiger partial charge in [0.1, 0.15) is 0 Å². The van der Waals surface area contributed by atoms with Gasteiger partial charge in [0.15, 0.2) is 29.1 Å². The summed E-state index contributed by atoms with van der Waals surface area (Å²) >= 11 is 0. The van der Waals surface area contributed by atoms with Gasteiger partial charge in [0.2, 0.25) is 0 Å². The lowest BCUT2D eigenvalue weighted by molar-refractivity contribution is 0.508. The van der Waals surface area contributed by atoms with Crippen LogP contribution in [-0.4, -0.2) is 25.6 Å². The maximum Gasteiger partial charge on any atom is 0.164 e. The normalized spacial score (nSPS) is 16.1. The van der Waals surface area contributed by atoms with Crippen LogP contribution in [0.25, 0.3) is 61.7 Å². The predicted molar refractivity (Wildman–Crippen MR) is 204 cm³/mol. The zero-order chi connectivity index (χ0) is 34.8. The van der Waals surface area contributed by atoms with Crippen LogP contribution in [0, 0.1) is 11.6 Å². The first-order valence-corrected chi connectivity index (χ1v) is 17.3. The fourth-order valence-corrected chi connectivity index (χ4v) is 7.79. The lowest BCUT2D eigenvalue weighted by Crippen LogP contribution is -2.28. The highest BCUT2D eigenvalue weighted by Crippen LogP contribution is 2.52. The average Bonchev–Trinajstić information content (AvgIpc) is 3.72. The molecule has 8 aromatic rings. The van der Waals surface area contributed by atoms with Crippen molar-refractivity contribution in [3.8, 4) is 39.9 Å². The van der Waals surface area contributed by atoms with Gasteiger partial charge in [0.05, 0.1) is 17.1 Å². The van der Waals surface area contributed by atoms with Gasteiger partial charge in [-0.25, -0.2) is 23.7 Å². The van der Waals surface area contributed by atoms with Crippen molar-refractivity contribution in [3.63, 3.8) is 0 Å². The van der Waals surface area contributed by atoms with Gasteiger partial charge in [0, 0.05) is 62.1 Å². The number of hydrogen-bond donors (Lipinski definition) is 0. The van der Waals surface area contributed by atoms with Crippen LogP contribution in [-0.2, 0) is 0 Å². The molecule has 0 saturated carbocycles. The highest BCUT2D eigenvalue weighted by atomic mass is 19.2. The number of benzene rings is 6. The summed E-state index contributed by atoms with van der Waals surface area (Å²) < 4.78 is 31.0. The molecule has 2 unspecified atom stereocenters. The van der Waals surface area contributed by atoms with Crippen molar-refractivity contribution in [2.24, 2.45) is 0 Å². The Morgan fingerprint density at radius 3 is 1.77 bits per heavy atom. The average molecular weight is 678 g/mol. The predicted octanol–water partition coefficient (Wildman–Crippen LogP) is 11.0. The zero-order valence-electron chi connectivity index (χ0n) is 27.7. The van der Waals surface area contributed by atoms with E-state index in [0.717, 1.165) is 55.4 Å². The van der Waals surface area contributed by atoms with E-state index in [9.17, 15) is 8.78 Å². The molecule has 7 heteroatoms. The third-order valence-corrected chi connectivity index (χ3v) is 10.1. The van der Waals surface area contributed by atoms with Gasteiger partial charge in [-0.2, -0.15) is 0 Å². The summed E-state index contributed by atoms with van der Waals surface area (Å²) in [4.78, 5) is 16.8. The van der Waals surface area contributed by atoms with Gasteiger partial charge >= 0.3 is 0 Å². The highest BCUT2D eigenvalue weighted by molar-refractivity contribution is 6.12. The van der Waals surface area contributed by atoms with Crippen LogP contribution >= 0.6 is 0 Å². The fourth-order valence-electron chi connectivity index (χ4n) is 7.79. The second-order valence-electron chi connectivity index (χ2n) is 13.1. The van der Waals surface area contributed by atoms with Crippen LogP contribution in [0.4, 0.5) is 20.2 Å². The summed E-state index contributed by atoms with van der Waals surface area (Å²) in [6.45, 7) is 0. The number of allylic oxidation sites excluding steroid dienone is 2. The second-order valence-corrected chi connectivity index (χ2v) is 13.1. The van der Waals surface area contributed by atoms with E-state index in [1.165, 1.54) is 12.1 Å². The minimum absolute atomic E-state index is 0.00261. The molecule has 0 N–H and O–H groups in total. The number of nitrogens with zero attached hydrogens (tertiary/aromatic N) is 5. The van der Waals surface area contributed by atoms with Crippen LogP contribution in [0.2, 0.25) is 0 Å². The maximum atomic E-state index is 14.6. The van der Waals surface area contributed by atoms with Crippen LogP contribution < -0.4 is 4.90 Å². The molecule has 3 heterocycles. The molecular formula is C45H29F2N5. The van der Waals surface area contributed by atoms with E-state index in [4.69, 9.17) is 15.0 Å². The van der Waals surface area contributed by atoms with Crippen molar-refractivity contribution >= 4 is 33.2 Å². The molecule has 0 saturated heterocycles. The Morgan fingerprint density at radius 1 is 0.500 bits per heavy atom. The van der Waals surface area contributed by atoms with Gasteiger partial charge in [-0.05, 0) is 48.5 Å². The van der Waals surface area contributed by atoms with Crippen LogP contribution in [0.15, 0.2) is 164 Å². The molecule has 10 rings (SSSR count). The van der Waals surface area contributed by atoms with Crippen LogP contribution in [0.5, 0.6) is 0 Å². The van der Waals surface area contributed by atoms with E-state index in [-0.39, 0.29) is 12.0 Å². The number of para-hydroxylation sites is 1. The van der Waals surface area contributed by atoms with E-state index in [1.54, 1.807) is 6.07 Å². The van der Waals surface area contributed by atoms with Gasteiger partial charge in [-0.1, -0.05) is 109 Å². The quantitative estimate of drug-likeness (QED) is 0.182. The molecule has 1 aliphatic carbocycles. The van der Waals surface area contributed by atoms with Gasteiger partial charge in [0.25, 0.3) is 0 Å². The summed E-state index contributed by atoms with van der Waals surface area (Å²) in [5.41, 5.74) is 8.59. The number of aromatic nitrogens is 4. The summed E-state index contributed by atoms with van der Waals surface area (Å²) in [5.74, 6) is 0.0896.